The molecule has 2 aromatic rings. The van der Waals surface area contributed by atoms with E-state index >= 15 is 0 Å². The van der Waals surface area contributed by atoms with Crippen LogP contribution in [0.15, 0.2) is 42.6 Å². The van der Waals surface area contributed by atoms with Crippen LogP contribution >= 0.6 is 0 Å². The van der Waals surface area contributed by atoms with Crippen LogP contribution in [0.25, 0.3) is 11.1 Å². The smallest absolute Gasteiger partial charge is 0.229 e. The SMILES string of the molecule is CC1(C)CCC(C(=O)Nc2cc(-c3cccc(NCC4CCOCC4)c3)ccn2)CN1. The van der Waals surface area contributed by atoms with E-state index in [-0.39, 0.29) is 17.4 Å². The first kappa shape index (κ1) is 21.8. The monoisotopic (exact) mass is 422 g/mol. The number of carbonyl (C=O) groups is 1. The van der Waals surface area contributed by atoms with Crippen molar-refractivity contribution in [1.82, 2.24) is 10.3 Å². The van der Waals surface area contributed by atoms with Crippen LogP contribution in [0.3, 0.4) is 0 Å². The van der Waals surface area contributed by atoms with Gasteiger partial charge >= 0.3 is 0 Å². The Morgan fingerprint density at radius 2 is 1.97 bits per heavy atom. The van der Waals surface area contributed by atoms with Crippen LogP contribution in [-0.2, 0) is 9.53 Å². The summed E-state index contributed by atoms with van der Waals surface area (Å²) in [5, 5.41) is 10.0. The average Bonchev–Trinajstić information content (AvgIpc) is 2.79. The number of nitrogens with one attached hydrogen (secondary N) is 3. The van der Waals surface area contributed by atoms with Gasteiger partial charge in [0.25, 0.3) is 0 Å². The molecule has 2 fully saturated rings. The summed E-state index contributed by atoms with van der Waals surface area (Å²) in [5.41, 5.74) is 3.37. The molecule has 0 aliphatic carbocycles. The van der Waals surface area contributed by atoms with Crippen molar-refractivity contribution in [1.29, 1.82) is 0 Å². The van der Waals surface area contributed by atoms with Crippen molar-refractivity contribution in [2.75, 3.05) is 36.9 Å². The Kier molecular flexibility index (Phi) is 6.88. The van der Waals surface area contributed by atoms with Gasteiger partial charge in [0.1, 0.15) is 5.82 Å². The first-order valence-electron chi connectivity index (χ1n) is 11.4. The number of amides is 1. The van der Waals surface area contributed by atoms with E-state index in [9.17, 15) is 4.79 Å². The minimum Gasteiger partial charge on any atom is -0.385 e. The summed E-state index contributed by atoms with van der Waals surface area (Å²) in [5.74, 6) is 1.30. The van der Waals surface area contributed by atoms with Gasteiger partial charge in [-0.05, 0) is 80.8 Å². The second kappa shape index (κ2) is 9.79. The molecule has 0 spiro atoms. The Morgan fingerprint density at radius 3 is 2.74 bits per heavy atom. The third-order valence-corrected chi connectivity index (χ3v) is 6.46. The highest BCUT2D eigenvalue weighted by Crippen LogP contribution is 2.26. The molecule has 0 saturated carbocycles. The number of anilines is 2. The van der Waals surface area contributed by atoms with E-state index < -0.39 is 0 Å². The number of aromatic nitrogens is 1. The molecular formula is C25H34N4O2. The summed E-state index contributed by atoms with van der Waals surface area (Å²) in [6, 6.07) is 12.4. The van der Waals surface area contributed by atoms with Crippen molar-refractivity contribution in [2.24, 2.45) is 11.8 Å². The molecule has 1 aromatic carbocycles. The highest BCUT2D eigenvalue weighted by molar-refractivity contribution is 5.92. The molecular weight excluding hydrogens is 388 g/mol. The number of benzene rings is 1. The van der Waals surface area contributed by atoms with E-state index in [0.29, 0.717) is 18.3 Å². The van der Waals surface area contributed by atoms with Gasteiger partial charge < -0.3 is 20.7 Å². The van der Waals surface area contributed by atoms with Crippen LogP contribution in [0.2, 0.25) is 0 Å². The molecule has 4 rings (SSSR count). The van der Waals surface area contributed by atoms with Gasteiger partial charge in [0, 0.05) is 43.7 Å². The molecule has 1 unspecified atom stereocenters. The number of ether oxygens (including phenoxy) is 1. The molecule has 0 bridgehead atoms. The van der Waals surface area contributed by atoms with Crippen molar-refractivity contribution in [3.8, 4) is 11.1 Å². The van der Waals surface area contributed by atoms with Crippen LogP contribution in [0.1, 0.15) is 39.5 Å². The van der Waals surface area contributed by atoms with Gasteiger partial charge in [-0.25, -0.2) is 4.98 Å². The van der Waals surface area contributed by atoms with Gasteiger partial charge in [-0.1, -0.05) is 12.1 Å². The molecule has 1 amide bonds. The normalized spacial score (nSPS) is 21.4. The molecule has 2 aliphatic rings. The van der Waals surface area contributed by atoms with Crippen LogP contribution in [-0.4, -0.2) is 42.7 Å². The third-order valence-electron chi connectivity index (χ3n) is 6.46. The zero-order valence-electron chi connectivity index (χ0n) is 18.6. The number of pyridine rings is 1. The number of rotatable bonds is 6. The van der Waals surface area contributed by atoms with E-state index in [1.807, 2.05) is 12.1 Å². The molecule has 2 aliphatic heterocycles. The molecule has 166 valence electrons. The Bertz CT molecular complexity index is 883. The lowest BCUT2D eigenvalue weighted by atomic mass is 9.86. The molecule has 6 heteroatoms. The second-order valence-corrected chi connectivity index (χ2v) is 9.44. The predicted molar refractivity (Wildman–Crippen MR) is 125 cm³/mol. The first-order valence-corrected chi connectivity index (χ1v) is 11.4. The number of hydrogen-bond donors (Lipinski definition) is 3. The van der Waals surface area contributed by atoms with Gasteiger partial charge in [-0.2, -0.15) is 0 Å². The molecule has 1 aromatic heterocycles. The van der Waals surface area contributed by atoms with Crippen molar-refractivity contribution >= 4 is 17.4 Å². The van der Waals surface area contributed by atoms with Crippen molar-refractivity contribution in [2.45, 2.75) is 45.1 Å². The molecule has 0 radical (unpaired) electrons. The Morgan fingerprint density at radius 1 is 1.16 bits per heavy atom. The lowest BCUT2D eigenvalue weighted by Crippen LogP contribution is -2.49. The molecule has 3 heterocycles. The standard InChI is InChI=1S/C25H34N4O2/c1-25(2)10-6-21(17-28-25)24(30)29-23-15-20(7-11-26-23)19-4-3-5-22(14-19)27-16-18-8-12-31-13-9-18/h3-5,7,11,14-15,18,21,27-28H,6,8-10,12-13,16-17H2,1-2H3,(H,26,29,30). The maximum atomic E-state index is 12.7. The Balaban J connectivity index is 1.38. The summed E-state index contributed by atoms with van der Waals surface area (Å²) in [6.45, 7) is 7.77. The minimum atomic E-state index is -0.0174. The first-order chi connectivity index (χ1) is 15.0. The number of piperidine rings is 1. The van der Waals surface area contributed by atoms with Crippen LogP contribution < -0.4 is 16.0 Å². The average molecular weight is 423 g/mol. The van der Waals surface area contributed by atoms with E-state index in [1.165, 1.54) is 0 Å². The lowest BCUT2D eigenvalue weighted by molar-refractivity contribution is -0.120. The van der Waals surface area contributed by atoms with Gasteiger partial charge in [0.05, 0.1) is 5.92 Å². The van der Waals surface area contributed by atoms with Gasteiger partial charge in [0.2, 0.25) is 5.91 Å². The molecule has 1 atom stereocenters. The molecule has 3 N–H and O–H groups in total. The van der Waals surface area contributed by atoms with E-state index in [4.69, 9.17) is 4.74 Å². The predicted octanol–water partition coefficient (Wildman–Crippen LogP) is 4.30. The largest absolute Gasteiger partial charge is 0.385 e. The quantitative estimate of drug-likeness (QED) is 0.647. The lowest BCUT2D eigenvalue weighted by Gasteiger charge is -2.35. The summed E-state index contributed by atoms with van der Waals surface area (Å²) >= 11 is 0. The maximum Gasteiger partial charge on any atom is 0.229 e. The number of carbonyl (C=O) groups excluding carboxylic acids is 1. The van der Waals surface area contributed by atoms with E-state index in [2.05, 4.69) is 59.0 Å². The number of nitrogens with zero attached hydrogens (tertiary/aromatic N) is 1. The van der Waals surface area contributed by atoms with Crippen molar-refractivity contribution < 1.29 is 9.53 Å². The van der Waals surface area contributed by atoms with Crippen molar-refractivity contribution in [3.63, 3.8) is 0 Å². The zero-order valence-corrected chi connectivity index (χ0v) is 18.6. The topological polar surface area (TPSA) is 75.3 Å². The molecule has 2 saturated heterocycles. The zero-order chi connectivity index (χ0) is 21.7. The Labute approximate surface area is 185 Å². The van der Waals surface area contributed by atoms with Gasteiger partial charge in [-0.3, -0.25) is 4.79 Å². The fraction of sp³-hybridized carbons (Fsp3) is 0.520. The summed E-state index contributed by atoms with van der Waals surface area (Å²) in [6.07, 6.45) is 5.89. The highest BCUT2D eigenvalue weighted by atomic mass is 16.5. The van der Waals surface area contributed by atoms with Crippen LogP contribution in [0, 0.1) is 11.8 Å². The fourth-order valence-corrected chi connectivity index (χ4v) is 4.28. The fourth-order valence-electron chi connectivity index (χ4n) is 4.28. The summed E-state index contributed by atoms with van der Waals surface area (Å²) < 4.78 is 5.45. The molecule has 31 heavy (non-hydrogen) atoms. The number of hydrogen-bond acceptors (Lipinski definition) is 5. The summed E-state index contributed by atoms with van der Waals surface area (Å²) in [4.78, 5) is 17.1. The van der Waals surface area contributed by atoms with Crippen LogP contribution in [0.5, 0.6) is 0 Å². The maximum absolute atomic E-state index is 12.7. The minimum absolute atomic E-state index is 0.0174. The van der Waals surface area contributed by atoms with Gasteiger partial charge in [-0.15, -0.1) is 0 Å². The van der Waals surface area contributed by atoms with Crippen molar-refractivity contribution in [3.05, 3.63) is 42.6 Å². The van der Waals surface area contributed by atoms with E-state index in [1.54, 1.807) is 6.20 Å². The van der Waals surface area contributed by atoms with Gasteiger partial charge in [0.15, 0.2) is 0 Å². The highest BCUT2D eigenvalue weighted by Gasteiger charge is 2.30. The van der Waals surface area contributed by atoms with E-state index in [0.717, 1.165) is 62.3 Å². The van der Waals surface area contributed by atoms with Crippen LogP contribution in [0.4, 0.5) is 11.5 Å². The Hall–Kier alpha value is -2.44. The molecule has 6 nitrogen and oxygen atoms in total. The summed E-state index contributed by atoms with van der Waals surface area (Å²) in [7, 11) is 0. The second-order valence-electron chi connectivity index (χ2n) is 9.44. The third kappa shape index (κ3) is 6.05.